The van der Waals surface area contributed by atoms with Crippen molar-refractivity contribution in [3.8, 4) is 0 Å². The molecular formula is C35H50F2N10O14P2. The molecule has 2 aliphatic rings. The third-order valence-electron chi connectivity index (χ3n) is 10.7. The van der Waals surface area contributed by atoms with Crippen LogP contribution in [0.25, 0.3) is 22.3 Å². The largest absolute Gasteiger partial charge is 0.475 e. The van der Waals surface area contributed by atoms with Crippen LogP contribution < -0.4 is 11.5 Å². The molecule has 4 aromatic heterocycles. The summed E-state index contributed by atoms with van der Waals surface area (Å²) in [6.07, 6.45) is -6.72. The molecule has 0 saturated carbocycles. The standard InChI is InChI=1S/C35H50F2N10O14P2/c1-7-34(3,4)32(48)53-16-58-62(50,56-10-19-9-20(36)30(60-19)46-14-44-23-26(38)40-12-42-28(23)46)18-55-25-21(11-57-63(51,52)59-17-54-33(49)35(5,6)8-2)61-31(22(25)37)47-15-45-24-27(39)41-13-43-29(24)47/h12-15,19-22,25,30-31H,7-11,16-18H2,1-6H3,(H,51,52)(H2,38,40,42)(H2,39,41,43)/t19-,20+,21+,22+,25+,30+,31+,62?/m0/s1. The van der Waals surface area contributed by atoms with Crippen molar-refractivity contribution in [2.75, 3.05) is 44.6 Å². The predicted molar refractivity (Wildman–Crippen MR) is 213 cm³/mol. The lowest BCUT2D eigenvalue weighted by atomic mass is 9.91. The number of esters is 2. The Hall–Kier alpha value is -4.36. The second-order valence-corrected chi connectivity index (χ2v) is 19.3. The molecule has 0 spiro atoms. The third kappa shape index (κ3) is 11.0. The second kappa shape index (κ2) is 19.4. The van der Waals surface area contributed by atoms with E-state index in [-0.39, 0.29) is 40.4 Å². The molecule has 4 aromatic rings. The minimum Gasteiger partial charge on any atom is -0.438 e. The van der Waals surface area contributed by atoms with Gasteiger partial charge in [0.25, 0.3) is 0 Å². The first-order valence-electron chi connectivity index (χ1n) is 19.6. The van der Waals surface area contributed by atoms with Crippen molar-refractivity contribution in [3.05, 3.63) is 25.3 Å². The second-order valence-electron chi connectivity index (χ2n) is 15.8. The Kier molecular flexibility index (Phi) is 14.8. The van der Waals surface area contributed by atoms with Gasteiger partial charge in [-0.05, 0) is 40.5 Å². The number of ether oxygens (including phenoxy) is 5. The molecule has 348 valence electrons. The highest BCUT2D eigenvalue weighted by Gasteiger charge is 2.50. The quantitative estimate of drug-likeness (QED) is 0.0597. The van der Waals surface area contributed by atoms with Crippen molar-refractivity contribution in [2.24, 2.45) is 10.8 Å². The number of nitrogen functional groups attached to an aromatic ring is 2. The van der Waals surface area contributed by atoms with Gasteiger partial charge in [-0.15, -0.1) is 0 Å². The van der Waals surface area contributed by atoms with E-state index in [1.165, 1.54) is 28.1 Å². The van der Waals surface area contributed by atoms with Crippen molar-refractivity contribution in [3.63, 3.8) is 0 Å². The number of halogens is 2. The Morgan fingerprint density at radius 1 is 0.794 bits per heavy atom. The smallest absolute Gasteiger partial charge is 0.438 e. The molecule has 2 fully saturated rings. The van der Waals surface area contributed by atoms with Crippen LogP contribution in [0.1, 0.15) is 73.3 Å². The number of anilines is 2. The van der Waals surface area contributed by atoms with Crippen LogP contribution in [0.5, 0.6) is 0 Å². The maximum absolute atomic E-state index is 16.7. The molecule has 5 N–H and O–H groups in total. The number of nitrogens with two attached hydrogens (primary N) is 2. The fourth-order valence-corrected chi connectivity index (χ4v) is 7.87. The van der Waals surface area contributed by atoms with E-state index in [0.717, 1.165) is 6.33 Å². The molecule has 2 saturated heterocycles. The number of hydrogen-bond acceptors (Lipinski definition) is 21. The highest BCUT2D eigenvalue weighted by Crippen LogP contribution is 2.51. The number of aromatic nitrogens is 8. The Morgan fingerprint density at radius 2 is 1.33 bits per heavy atom. The van der Waals surface area contributed by atoms with Crippen LogP contribution in [-0.2, 0) is 60.5 Å². The van der Waals surface area contributed by atoms with Gasteiger partial charge >= 0.3 is 27.4 Å². The highest BCUT2D eigenvalue weighted by molar-refractivity contribution is 7.53. The summed E-state index contributed by atoms with van der Waals surface area (Å²) in [7, 11) is -9.61. The van der Waals surface area contributed by atoms with Crippen molar-refractivity contribution in [2.45, 2.75) is 104 Å². The van der Waals surface area contributed by atoms with E-state index in [9.17, 15) is 23.6 Å². The van der Waals surface area contributed by atoms with Gasteiger partial charge in [0.2, 0.25) is 13.6 Å². The number of nitrogens with zero attached hydrogens (tertiary/aromatic N) is 8. The van der Waals surface area contributed by atoms with Gasteiger partial charge in [-0.1, -0.05) is 13.8 Å². The minimum absolute atomic E-state index is 0.0202. The van der Waals surface area contributed by atoms with Gasteiger partial charge in [0.15, 0.2) is 41.6 Å². The molecule has 0 radical (unpaired) electrons. The number of fused-ring (bicyclic) bond motifs is 2. The number of carbonyl (C=O) groups excluding carboxylic acids is 2. The molecule has 6 heterocycles. The van der Waals surface area contributed by atoms with Gasteiger partial charge in [-0.3, -0.25) is 32.3 Å². The van der Waals surface area contributed by atoms with Crippen LogP contribution in [-0.4, -0.2) is 120 Å². The molecule has 9 atom stereocenters. The number of alkyl halides is 2. The molecule has 24 nitrogen and oxygen atoms in total. The molecular weight excluding hydrogens is 884 g/mol. The van der Waals surface area contributed by atoms with Crippen molar-refractivity contribution >= 4 is 61.3 Å². The van der Waals surface area contributed by atoms with Gasteiger partial charge < -0.3 is 44.6 Å². The van der Waals surface area contributed by atoms with Crippen molar-refractivity contribution in [1.29, 1.82) is 0 Å². The van der Waals surface area contributed by atoms with E-state index in [1.54, 1.807) is 41.5 Å². The van der Waals surface area contributed by atoms with Gasteiger partial charge in [-0.2, -0.15) is 0 Å². The van der Waals surface area contributed by atoms with Crippen molar-refractivity contribution < 1.29 is 74.2 Å². The first kappa shape index (κ1) is 48.1. The molecule has 28 heteroatoms. The van der Waals surface area contributed by atoms with Crippen LogP contribution >= 0.6 is 15.4 Å². The molecule has 0 aromatic carbocycles. The maximum Gasteiger partial charge on any atom is 0.475 e. The van der Waals surface area contributed by atoms with E-state index in [2.05, 4.69) is 29.9 Å². The lowest BCUT2D eigenvalue weighted by Gasteiger charge is -2.25. The first-order valence-corrected chi connectivity index (χ1v) is 22.8. The van der Waals surface area contributed by atoms with E-state index in [4.69, 9.17) is 53.2 Å². The molecule has 6 rings (SSSR count). The summed E-state index contributed by atoms with van der Waals surface area (Å²) in [5.74, 6) is -1.34. The number of hydrogen-bond donors (Lipinski definition) is 3. The van der Waals surface area contributed by atoms with Gasteiger partial charge in [0, 0.05) is 6.42 Å². The van der Waals surface area contributed by atoms with Crippen LogP contribution in [0, 0.1) is 10.8 Å². The fraction of sp³-hybridized carbons (Fsp3) is 0.657. The zero-order valence-electron chi connectivity index (χ0n) is 35.1. The third-order valence-corrected chi connectivity index (χ3v) is 13.1. The number of phosphoric acid groups is 1. The molecule has 0 bridgehead atoms. The lowest BCUT2D eigenvalue weighted by molar-refractivity contribution is -0.162. The summed E-state index contributed by atoms with van der Waals surface area (Å²) in [6.45, 7) is 6.70. The van der Waals surface area contributed by atoms with Crippen molar-refractivity contribution in [1.82, 2.24) is 39.0 Å². The highest BCUT2D eigenvalue weighted by atomic mass is 31.2. The summed E-state index contributed by atoms with van der Waals surface area (Å²) in [5, 5.41) is 0. The molecule has 0 amide bonds. The van der Waals surface area contributed by atoms with Gasteiger partial charge in [0.05, 0.1) is 42.8 Å². The van der Waals surface area contributed by atoms with Gasteiger partial charge in [-0.25, -0.2) is 47.8 Å². The monoisotopic (exact) mass is 934 g/mol. The Morgan fingerprint density at radius 3 is 1.89 bits per heavy atom. The zero-order chi connectivity index (χ0) is 45.9. The van der Waals surface area contributed by atoms with Crippen LogP contribution in [0.15, 0.2) is 25.3 Å². The number of rotatable bonds is 21. The summed E-state index contributed by atoms with van der Waals surface area (Å²) >= 11 is 0. The first-order chi connectivity index (χ1) is 29.7. The normalized spacial score (nSPS) is 25.0. The number of carbonyl (C=O) groups is 2. The Bertz CT molecular complexity index is 2360. The average molecular weight is 935 g/mol. The molecule has 2 unspecified atom stereocenters. The maximum atomic E-state index is 16.7. The van der Waals surface area contributed by atoms with Crippen LogP contribution in [0.2, 0.25) is 0 Å². The number of phosphoric ester groups is 1. The zero-order valence-corrected chi connectivity index (χ0v) is 36.9. The lowest BCUT2D eigenvalue weighted by Crippen LogP contribution is -2.35. The fourth-order valence-electron chi connectivity index (χ4n) is 6.09. The predicted octanol–water partition coefficient (Wildman–Crippen LogP) is 4.27. The SMILES string of the molecule is CCC(C)(C)C(=O)OCOP(=O)(O)OC[C@H]1O[C@@H](n2cnc3c(N)ncnc32)[C@H](F)[C@@H]1OCP(=O)(OCOC(=O)C(C)(C)CC)OC[C@@H]1C[C@@H](F)[C@H](n2cnc3c(N)ncnc32)O1. The summed E-state index contributed by atoms with van der Waals surface area (Å²) in [5.41, 5.74) is 10.5. The van der Waals surface area contributed by atoms with E-state index < -0.39 is 114 Å². The van der Waals surface area contributed by atoms with E-state index >= 15 is 8.78 Å². The number of imidazole rings is 2. The Balaban J connectivity index is 1.19. The molecule has 63 heavy (non-hydrogen) atoms. The van der Waals surface area contributed by atoms with Gasteiger partial charge in [0.1, 0.15) is 48.4 Å². The minimum atomic E-state index is -5.00. The molecule has 2 aliphatic heterocycles. The summed E-state index contributed by atoms with van der Waals surface area (Å²) in [4.78, 5) is 59.8. The average Bonchev–Trinajstić information content (AvgIpc) is 4.03. The Labute approximate surface area is 358 Å². The summed E-state index contributed by atoms with van der Waals surface area (Å²) in [6, 6.07) is 0. The topological polar surface area (TPSA) is 311 Å². The van der Waals surface area contributed by atoms with E-state index in [0.29, 0.717) is 12.8 Å². The summed E-state index contributed by atoms with van der Waals surface area (Å²) < 4.78 is 111. The van der Waals surface area contributed by atoms with Crippen LogP contribution in [0.4, 0.5) is 20.4 Å². The van der Waals surface area contributed by atoms with Crippen LogP contribution in [0.3, 0.4) is 0 Å². The molecule has 0 aliphatic carbocycles. The van der Waals surface area contributed by atoms with E-state index in [1.807, 2.05) is 0 Å².